The average Bonchev–Trinajstić information content (AvgIpc) is 2.49. The molecule has 1 heterocycles. The Kier molecular flexibility index (Phi) is 3.22. The molecule has 0 atom stereocenters. The molecular formula is C17H12O6. The number of benzene rings is 2. The van der Waals surface area contributed by atoms with Crippen molar-refractivity contribution in [3.05, 3.63) is 52.7 Å². The molecule has 6 nitrogen and oxygen atoms in total. The van der Waals surface area contributed by atoms with Gasteiger partial charge in [-0.15, -0.1) is 0 Å². The molecule has 0 aliphatic carbocycles. The Hall–Kier alpha value is -3.41. The van der Waals surface area contributed by atoms with Gasteiger partial charge in [0.2, 0.25) is 5.43 Å². The Morgan fingerprint density at radius 3 is 2.35 bits per heavy atom. The van der Waals surface area contributed by atoms with Gasteiger partial charge in [0.25, 0.3) is 0 Å². The highest BCUT2D eigenvalue weighted by Gasteiger charge is 2.18. The quantitative estimate of drug-likeness (QED) is 0.541. The molecule has 0 bridgehead atoms. The molecule has 0 saturated carbocycles. The predicted molar refractivity (Wildman–Crippen MR) is 84.7 cm³/mol. The first-order valence-corrected chi connectivity index (χ1v) is 6.60. The zero-order valence-corrected chi connectivity index (χ0v) is 11.8. The molecule has 0 saturated heterocycles. The number of hydrogen-bond donors (Lipinski definition) is 4. The van der Waals surface area contributed by atoms with E-state index in [0.29, 0.717) is 5.56 Å². The van der Waals surface area contributed by atoms with Crippen molar-refractivity contribution in [2.24, 2.45) is 0 Å². The second-order valence-corrected chi connectivity index (χ2v) is 4.92. The first-order valence-electron chi connectivity index (χ1n) is 6.60. The fourth-order valence-electron chi connectivity index (χ4n) is 2.36. The highest BCUT2D eigenvalue weighted by atomic mass is 16.3. The molecule has 4 N–H and O–H groups in total. The molecular weight excluding hydrogens is 300 g/mol. The lowest BCUT2D eigenvalue weighted by Crippen LogP contribution is -2.07. The van der Waals surface area contributed by atoms with Crippen molar-refractivity contribution >= 4 is 17.0 Å². The third-order valence-electron chi connectivity index (χ3n) is 3.44. The van der Waals surface area contributed by atoms with Crippen LogP contribution >= 0.6 is 0 Å². The minimum Gasteiger partial charge on any atom is -0.508 e. The monoisotopic (exact) mass is 312 g/mol. The van der Waals surface area contributed by atoms with Gasteiger partial charge in [0.1, 0.15) is 28.2 Å². The summed E-state index contributed by atoms with van der Waals surface area (Å²) in [6, 6.07) is 6.18. The fourth-order valence-corrected chi connectivity index (χ4v) is 2.36. The highest BCUT2D eigenvalue weighted by Crippen LogP contribution is 2.35. The average molecular weight is 312 g/mol. The summed E-state index contributed by atoms with van der Waals surface area (Å²) in [5.41, 5.74) is -0.123. The predicted octanol–water partition coefficient (Wildman–Crippen LogP) is 2.93. The summed E-state index contributed by atoms with van der Waals surface area (Å²) in [6.07, 6.45) is 1.27. The van der Waals surface area contributed by atoms with Gasteiger partial charge in [0, 0.05) is 17.7 Å². The number of hydrogen-bond acceptors (Lipinski definition) is 6. The smallest absolute Gasteiger partial charge is 0.204 e. The van der Waals surface area contributed by atoms with E-state index in [2.05, 4.69) is 6.58 Å². The summed E-state index contributed by atoms with van der Waals surface area (Å²) in [4.78, 5) is 12.6. The highest BCUT2D eigenvalue weighted by molar-refractivity contribution is 5.89. The molecule has 6 heteroatoms. The molecule has 0 spiro atoms. The van der Waals surface area contributed by atoms with Crippen molar-refractivity contribution in [2.75, 3.05) is 0 Å². The second-order valence-electron chi connectivity index (χ2n) is 4.92. The number of phenols is 4. The summed E-state index contributed by atoms with van der Waals surface area (Å²) in [5.74, 6) is -1.26. The Morgan fingerprint density at radius 1 is 0.957 bits per heavy atom. The lowest BCUT2D eigenvalue weighted by molar-refractivity contribution is 0.404. The van der Waals surface area contributed by atoms with Crippen LogP contribution < -0.4 is 5.43 Å². The number of aromatic hydroxyl groups is 4. The van der Waals surface area contributed by atoms with Crippen LogP contribution in [0.5, 0.6) is 23.0 Å². The van der Waals surface area contributed by atoms with Crippen molar-refractivity contribution in [1.29, 1.82) is 0 Å². The van der Waals surface area contributed by atoms with Crippen molar-refractivity contribution in [2.45, 2.75) is 0 Å². The SMILES string of the molecule is C=Cc1c(-c2ccc(O)c(O)c2)oc2cc(O)cc(O)c2c1=O. The molecule has 0 radical (unpaired) electrons. The van der Waals surface area contributed by atoms with E-state index >= 15 is 0 Å². The van der Waals surface area contributed by atoms with E-state index in [0.717, 1.165) is 6.07 Å². The fraction of sp³-hybridized carbons (Fsp3) is 0. The molecule has 1 aromatic heterocycles. The molecule has 116 valence electrons. The van der Waals surface area contributed by atoms with Gasteiger partial charge in [-0.2, -0.15) is 0 Å². The van der Waals surface area contributed by atoms with Gasteiger partial charge >= 0.3 is 0 Å². The van der Waals surface area contributed by atoms with Gasteiger partial charge < -0.3 is 24.8 Å². The van der Waals surface area contributed by atoms with Gasteiger partial charge in [-0.3, -0.25) is 4.79 Å². The normalized spacial score (nSPS) is 10.8. The van der Waals surface area contributed by atoms with Crippen molar-refractivity contribution < 1.29 is 24.8 Å². The van der Waals surface area contributed by atoms with E-state index in [1.807, 2.05) is 0 Å². The van der Waals surface area contributed by atoms with Crippen LogP contribution in [0.3, 0.4) is 0 Å². The Bertz CT molecular complexity index is 1000. The first-order chi connectivity index (χ1) is 10.9. The third-order valence-corrected chi connectivity index (χ3v) is 3.44. The number of rotatable bonds is 2. The largest absolute Gasteiger partial charge is 0.508 e. The van der Waals surface area contributed by atoms with Crippen LogP contribution in [-0.4, -0.2) is 20.4 Å². The summed E-state index contributed by atoms with van der Waals surface area (Å²) in [7, 11) is 0. The van der Waals surface area contributed by atoms with Gasteiger partial charge in [0.15, 0.2) is 11.5 Å². The third kappa shape index (κ3) is 2.26. The molecule has 0 aliphatic rings. The van der Waals surface area contributed by atoms with E-state index in [1.165, 1.54) is 30.3 Å². The summed E-state index contributed by atoms with van der Waals surface area (Å²) in [5, 5.41) is 38.4. The van der Waals surface area contributed by atoms with Crippen LogP contribution in [0.25, 0.3) is 28.4 Å². The second kappa shape index (κ2) is 5.10. The lowest BCUT2D eigenvalue weighted by Gasteiger charge is -2.09. The minimum atomic E-state index is -0.527. The van der Waals surface area contributed by atoms with Gasteiger partial charge in [-0.25, -0.2) is 0 Å². The molecule has 23 heavy (non-hydrogen) atoms. The molecule has 3 rings (SSSR count). The van der Waals surface area contributed by atoms with Crippen LogP contribution in [0.4, 0.5) is 0 Å². The van der Waals surface area contributed by atoms with Crippen LogP contribution in [-0.2, 0) is 0 Å². The Balaban J connectivity index is 2.43. The molecule has 3 aromatic rings. The molecule has 0 aliphatic heterocycles. The lowest BCUT2D eigenvalue weighted by atomic mass is 10.0. The molecule has 2 aromatic carbocycles. The van der Waals surface area contributed by atoms with E-state index in [-0.39, 0.29) is 39.5 Å². The minimum absolute atomic E-state index is 0.0133. The molecule has 0 amide bonds. The zero-order valence-electron chi connectivity index (χ0n) is 11.8. The van der Waals surface area contributed by atoms with Gasteiger partial charge in [0.05, 0.1) is 5.56 Å². The van der Waals surface area contributed by atoms with E-state index in [9.17, 15) is 25.2 Å². The zero-order chi connectivity index (χ0) is 16.7. The first kappa shape index (κ1) is 14.5. The van der Waals surface area contributed by atoms with Crippen molar-refractivity contribution in [3.63, 3.8) is 0 Å². The maximum Gasteiger partial charge on any atom is 0.204 e. The van der Waals surface area contributed by atoms with Crippen LogP contribution in [0.15, 0.2) is 46.1 Å². The van der Waals surface area contributed by atoms with Crippen LogP contribution in [0.2, 0.25) is 0 Å². The standard InChI is InChI=1S/C17H12O6/c1-2-10-16(22)15-13(21)6-9(18)7-14(15)23-17(10)8-3-4-11(19)12(20)5-8/h2-7,18-21H,1H2. The topological polar surface area (TPSA) is 111 Å². The van der Waals surface area contributed by atoms with Gasteiger partial charge in [-0.05, 0) is 18.2 Å². The Morgan fingerprint density at radius 2 is 1.70 bits per heavy atom. The van der Waals surface area contributed by atoms with Gasteiger partial charge in [-0.1, -0.05) is 12.7 Å². The van der Waals surface area contributed by atoms with Crippen molar-refractivity contribution in [3.8, 4) is 34.3 Å². The summed E-state index contributed by atoms with van der Waals surface area (Å²) >= 11 is 0. The van der Waals surface area contributed by atoms with Crippen LogP contribution in [0, 0.1) is 0 Å². The van der Waals surface area contributed by atoms with E-state index in [4.69, 9.17) is 4.42 Å². The van der Waals surface area contributed by atoms with Crippen LogP contribution in [0.1, 0.15) is 5.56 Å². The summed E-state index contributed by atoms with van der Waals surface area (Å²) < 4.78 is 5.62. The molecule has 0 unspecified atom stereocenters. The maximum absolute atomic E-state index is 12.6. The molecule has 0 fully saturated rings. The number of phenolic OH excluding ortho intramolecular Hbond substituents is 4. The number of fused-ring (bicyclic) bond motifs is 1. The van der Waals surface area contributed by atoms with E-state index < -0.39 is 11.2 Å². The maximum atomic E-state index is 12.6. The Labute approximate surface area is 129 Å². The van der Waals surface area contributed by atoms with E-state index in [1.54, 1.807) is 0 Å². The summed E-state index contributed by atoms with van der Waals surface area (Å²) in [6.45, 7) is 3.57. The van der Waals surface area contributed by atoms with Crippen molar-refractivity contribution in [1.82, 2.24) is 0 Å².